The lowest BCUT2D eigenvalue weighted by molar-refractivity contribution is -0.163. The zero-order valence-electron chi connectivity index (χ0n) is 11.1. The predicted octanol–water partition coefficient (Wildman–Crippen LogP) is 1.94. The number of benzene rings is 1. The van der Waals surface area contributed by atoms with Crippen LogP contribution in [-0.4, -0.2) is 44.4 Å². The summed E-state index contributed by atoms with van der Waals surface area (Å²) in [6.45, 7) is 3.32. The van der Waals surface area contributed by atoms with E-state index in [0.29, 0.717) is 0 Å². The maximum Gasteiger partial charge on any atom is 0.383 e. The molecular formula is C13H15F4N3O. The first-order valence-electron chi connectivity index (χ1n) is 6.44. The van der Waals surface area contributed by atoms with E-state index in [0.717, 1.165) is 31.9 Å². The van der Waals surface area contributed by atoms with Gasteiger partial charge in [0, 0.05) is 37.6 Å². The minimum atomic E-state index is -4.70. The molecule has 1 aromatic carbocycles. The molecule has 8 heteroatoms. The number of rotatable bonds is 4. The molecule has 0 aromatic heterocycles. The van der Waals surface area contributed by atoms with Crippen LogP contribution in [0.3, 0.4) is 0 Å². The first-order valence-corrected chi connectivity index (χ1v) is 6.44. The van der Waals surface area contributed by atoms with E-state index >= 15 is 0 Å². The third kappa shape index (κ3) is 3.63. The lowest BCUT2D eigenvalue weighted by Gasteiger charge is -2.29. The smallest absolute Gasteiger partial charge is 0.369 e. The van der Waals surface area contributed by atoms with Crippen LogP contribution >= 0.6 is 0 Å². The molecule has 1 aliphatic heterocycles. The van der Waals surface area contributed by atoms with Gasteiger partial charge in [0.25, 0.3) is 0 Å². The van der Waals surface area contributed by atoms with Crippen molar-refractivity contribution in [3.8, 4) is 0 Å². The van der Waals surface area contributed by atoms with Gasteiger partial charge >= 0.3 is 18.3 Å². The molecule has 0 atom stereocenters. The molecular weight excluding hydrogens is 290 g/mol. The van der Waals surface area contributed by atoms with Gasteiger partial charge in [-0.1, -0.05) is 0 Å². The molecule has 0 unspecified atom stereocenters. The SMILES string of the molecule is O=C(Nc1ccc(N2CCNCC2)cc1)C(F)(F)C(F)F. The van der Waals surface area contributed by atoms with Gasteiger partial charge in [-0.2, -0.15) is 8.78 Å². The van der Waals surface area contributed by atoms with Crippen molar-refractivity contribution in [2.24, 2.45) is 0 Å². The number of hydrogen-bond donors (Lipinski definition) is 2. The van der Waals surface area contributed by atoms with Crippen LogP contribution in [0, 0.1) is 0 Å². The quantitative estimate of drug-likeness (QED) is 0.836. The number of nitrogens with zero attached hydrogens (tertiary/aromatic N) is 1. The fraction of sp³-hybridized carbons (Fsp3) is 0.462. The van der Waals surface area contributed by atoms with Crippen molar-refractivity contribution in [3.63, 3.8) is 0 Å². The summed E-state index contributed by atoms with van der Waals surface area (Å²) in [5, 5.41) is 4.99. The monoisotopic (exact) mass is 305 g/mol. The predicted molar refractivity (Wildman–Crippen MR) is 71.1 cm³/mol. The highest BCUT2D eigenvalue weighted by atomic mass is 19.3. The Morgan fingerprint density at radius 2 is 1.76 bits per heavy atom. The van der Waals surface area contributed by atoms with Crippen molar-refractivity contribution in [3.05, 3.63) is 24.3 Å². The summed E-state index contributed by atoms with van der Waals surface area (Å²) in [6, 6.07) is 6.14. The van der Waals surface area contributed by atoms with Gasteiger partial charge in [0.2, 0.25) is 0 Å². The van der Waals surface area contributed by atoms with Crippen molar-refractivity contribution < 1.29 is 22.4 Å². The van der Waals surface area contributed by atoms with Crippen molar-refractivity contribution in [1.82, 2.24) is 5.32 Å². The summed E-state index contributed by atoms with van der Waals surface area (Å²) in [7, 11) is 0. The molecule has 0 spiro atoms. The molecule has 1 amide bonds. The number of piperazine rings is 1. The van der Waals surface area contributed by atoms with Crippen LogP contribution in [0.5, 0.6) is 0 Å². The Labute approximate surface area is 119 Å². The lowest BCUT2D eigenvalue weighted by atomic mass is 10.2. The number of carbonyl (C=O) groups excluding carboxylic acids is 1. The number of nitrogens with one attached hydrogen (secondary N) is 2. The van der Waals surface area contributed by atoms with Crippen LogP contribution in [0.25, 0.3) is 0 Å². The summed E-state index contributed by atoms with van der Waals surface area (Å²) in [5.74, 6) is -6.70. The minimum Gasteiger partial charge on any atom is -0.369 e. The molecule has 21 heavy (non-hydrogen) atoms. The van der Waals surface area contributed by atoms with E-state index in [1.54, 1.807) is 17.4 Å². The molecule has 0 aliphatic carbocycles. The minimum absolute atomic E-state index is 0.0548. The molecule has 0 radical (unpaired) electrons. The van der Waals surface area contributed by atoms with Gasteiger partial charge in [-0.15, -0.1) is 0 Å². The van der Waals surface area contributed by atoms with Crippen LogP contribution < -0.4 is 15.5 Å². The van der Waals surface area contributed by atoms with Gasteiger partial charge < -0.3 is 15.5 Å². The first-order chi connectivity index (χ1) is 9.91. The highest BCUT2D eigenvalue weighted by molar-refractivity contribution is 5.96. The standard InChI is InChI=1S/C13H15F4N3O/c14-11(15)13(16,17)12(21)19-9-1-3-10(4-2-9)20-7-5-18-6-8-20/h1-4,11,18H,5-8H2,(H,19,21). The number of alkyl halides is 4. The van der Waals surface area contributed by atoms with Crippen molar-refractivity contribution in [1.29, 1.82) is 0 Å². The molecule has 0 bridgehead atoms. The second-order valence-electron chi connectivity index (χ2n) is 4.66. The molecule has 1 heterocycles. The average molecular weight is 305 g/mol. The van der Waals surface area contributed by atoms with Crippen molar-refractivity contribution >= 4 is 17.3 Å². The molecule has 1 saturated heterocycles. The highest BCUT2D eigenvalue weighted by Crippen LogP contribution is 2.25. The number of hydrogen-bond acceptors (Lipinski definition) is 3. The third-order valence-electron chi connectivity index (χ3n) is 3.18. The average Bonchev–Trinajstić information content (AvgIpc) is 2.48. The molecule has 116 valence electrons. The Hall–Kier alpha value is -1.83. The van der Waals surface area contributed by atoms with Crippen LogP contribution in [-0.2, 0) is 4.79 Å². The van der Waals surface area contributed by atoms with E-state index in [9.17, 15) is 22.4 Å². The number of carbonyl (C=O) groups is 1. The maximum absolute atomic E-state index is 12.8. The van der Waals surface area contributed by atoms with E-state index in [1.165, 1.54) is 12.1 Å². The Balaban J connectivity index is 2.00. The first kappa shape index (κ1) is 15.6. The summed E-state index contributed by atoms with van der Waals surface area (Å²) >= 11 is 0. The summed E-state index contributed by atoms with van der Waals surface area (Å²) in [4.78, 5) is 13.2. The molecule has 2 N–H and O–H groups in total. The van der Waals surface area contributed by atoms with Crippen molar-refractivity contribution in [2.75, 3.05) is 36.4 Å². The normalized spacial score (nSPS) is 16.1. The van der Waals surface area contributed by atoms with Gasteiger partial charge in [0.15, 0.2) is 0 Å². The van der Waals surface area contributed by atoms with Gasteiger partial charge in [-0.3, -0.25) is 4.79 Å². The second kappa shape index (κ2) is 6.30. The summed E-state index contributed by atoms with van der Waals surface area (Å²) in [5.41, 5.74) is 0.939. The third-order valence-corrected chi connectivity index (χ3v) is 3.18. The van der Waals surface area contributed by atoms with Gasteiger partial charge in [0.1, 0.15) is 0 Å². The van der Waals surface area contributed by atoms with E-state index < -0.39 is 18.3 Å². The van der Waals surface area contributed by atoms with Gasteiger partial charge in [0.05, 0.1) is 0 Å². The Morgan fingerprint density at radius 1 is 1.19 bits per heavy atom. The van der Waals surface area contributed by atoms with Crippen LogP contribution in [0.2, 0.25) is 0 Å². The molecule has 1 aromatic rings. The van der Waals surface area contributed by atoms with Gasteiger partial charge in [-0.25, -0.2) is 8.78 Å². The van der Waals surface area contributed by atoms with Crippen LogP contribution in [0.4, 0.5) is 28.9 Å². The molecule has 0 saturated carbocycles. The molecule has 1 fully saturated rings. The maximum atomic E-state index is 12.8. The number of amides is 1. The zero-order chi connectivity index (χ0) is 15.5. The van der Waals surface area contributed by atoms with Crippen molar-refractivity contribution in [2.45, 2.75) is 12.3 Å². The Morgan fingerprint density at radius 3 is 2.29 bits per heavy atom. The Bertz CT molecular complexity index is 487. The largest absolute Gasteiger partial charge is 0.383 e. The molecule has 4 nitrogen and oxygen atoms in total. The zero-order valence-corrected chi connectivity index (χ0v) is 11.1. The highest BCUT2D eigenvalue weighted by Gasteiger charge is 2.48. The lowest BCUT2D eigenvalue weighted by Crippen LogP contribution is -2.43. The number of anilines is 2. The number of halogens is 4. The molecule has 1 aliphatic rings. The fourth-order valence-electron chi connectivity index (χ4n) is 1.99. The summed E-state index contributed by atoms with van der Waals surface area (Å²) < 4.78 is 49.7. The van der Waals surface area contributed by atoms with E-state index in [2.05, 4.69) is 10.2 Å². The summed E-state index contributed by atoms with van der Waals surface area (Å²) in [6.07, 6.45) is -4.03. The van der Waals surface area contributed by atoms with Gasteiger partial charge in [-0.05, 0) is 24.3 Å². The Kier molecular flexibility index (Phi) is 4.66. The topological polar surface area (TPSA) is 44.4 Å². The fourth-order valence-corrected chi connectivity index (χ4v) is 1.99. The van der Waals surface area contributed by atoms with Crippen LogP contribution in [0.1, 0.15) is 0 Å². The van der Waals surface area contributed by atoms with E-state index in [4.69, 9.17) is 0 Å². The second-order valence-corrected chi connectivity index (χ2v) is 4.66. The van der Waals surface area contributed by atoms with E-state index in [-0.39, 0.29) is 5.69 Å². The van der Waals surface area contributed by atoms with E-state index in [1.807, 2.05) is 0 Å². The van der Waals surface area contributed by atoms with Crippen LogP contribution in [0.15, 0.2) is 24.3 Å². The molecule has 2 rings (SSSR count).